The Kier molecular flexibility index (Phi) is 5.49. The van der Waals surface area contributed by atoms with Gasteiger partial charge in [0.25, 0.3) is 5.91 Å². The van der Waals surface area contributed by atoms with Crippen LogP contribution in [0, 0.1) is 6.92 Å². The molecule has 0 radical (unpaired) electrons. The fraction of sp³-hybridized carbons (Fsp3) is 0.136. The van der Waals surface area contributed by atoms with Gasteiger partial charge in [-0.15, -0.1) is 0 Å². The number of fused-ring (bicyclic) bond motifs is 1. The molecule has 0 spiro atoms. The summed E-state index contributed by atoms with van der Waals surface area (Å²) in [6, 6.07) is 14.6. The van der Waals surface area contributed by atoms with Crippen LogP contribution in [0.4, 0.5) is 5.13 Å². The van der Waals surface area contributed by atoms with Crippen LogP contribution in [-0.4, -0.2) is 31.3 Å². The van der Waals surface area contributed by atoms with Gasteiger partial charge in [0.05, 0.1) is 42.5 Å². The topological polar surface area (TPSA) is 77.2 Å². The lowest BCUT2D eigenvalue weighted by molar-refractivity contribution is 0.0984. The molecule has 7 nitrogen and oxygen atoms in total. The Labute approximate surface area is 177 Å². The molecule has 0 N–H and O–H groups in total. The Balaban J connectivity index is 1.81. The zero-order valence-electron chi connectivity index (χ0n) is 16.7. The molecule has 2 aromatic heterocycles. The molecule has 30 heavy (non-hydrogen) atoms. The minimum atomic E-state index is -0.399. The second-order valence-corrected chi connectivity index (χ2v) is 7.39. The van der Waals surface area contributed by atoms with Crippen LogP contribution >= 0.6 is 11.3 Å². The summed E-state index contributed by atoms with van der Waals surface area (Å²) >= 11 is 1.38. The molecule has 2 heterocycles. The summed E-state index contributed by atoms with van der Waals surface area (Å²) in [7, 11) is 3.01. The quantitative estimate of drug-likeness (QED) is 0.327. The van der Waals surface area contributed by atoms with Crippen molar-refractivity contribution >= 4 is 38.8 Å². The summed E-state index contributed by atoms with van der Waals surface area (Å²) in [6.07, 6.45) is 3.01. The smallest absolute Gasteiger partial charge is 0.284 e. The first-order valence-corrected chi connectivity index (χ1v) is 9.92. The maximum absolute atomic E-state index is 13.5. The molecule has 0 saturated heterocycles. The third-order valence-electron chi connectivity index (χ3n) is 4.38. The molecule has 0 aliphatic rings. The molecule has 0 saturated carbocycles. The van der Waals surface area contributed by atoms with Gasteiger partial charge in [0.2, 0.25) is 5.13 Å². The van der Waals surface area contributed by atoms with Crippen LogP contribution < -0.4 is 14.5 Å². The van der Waals surface area contributed by atoms with Gasteiger partial charge >= 0.3 is 0 Å². The Hall–Kier alpha value is -3.65. The van der Waals surface area contributed by atoms with E-state index in [0.29, 0.717) is 28.0 Å². The second kappa shape index (κ2) is 8.38. The molecule has 0 atom stereocenters. The number of rotatable bonds is 6. The van der Waals surface area contributed by atoms with E-state index in [4.69, 9.17) is 13.9 Å². The monoisotopic (exact) mass is 421 g/mol. The molecule has 0 aliphatic heterocycles. The van der Waals surface area contributed by atoms with Crippen molar-refractivity contribution in [3.63, 3.8) is 0 Å². The first-order valence-electron chi connectivity index (χ1n) is 9.11. The van der Waals surface area contributed by atoms with Gasteiger partial charge in [-0.2, -0.15) is 10.1 Å². The fourth-order valence-corrected chi connectivity index (χ4v) is 3.97. The van der Waals surface area contributed by atoms with E-state index < -0.39 is 5.91 Å². The van der Waals surface area contributed by atoms with E-state index in [1.165, 1.54) is 36.8 Å². The average molecular weight is 421 g/mol. The number of aromatic nitrogens is 1. The highest BCUT2D eigenvalue weighted by Crippen LogP contribution is 2.35. The molecule has 1 amide bonds. The third kappa shape index (κ3) is 3.77. The van der Waals surface area contributed by atoms with E-state index >= 15 is 0 Å². The van der Waals surface area contributed by atoms with Gasteiger partial charge in [0, 0.05) is 0 Å². The van der Waals surface area contributed by atoms with E-state index in [9.17, 15) is 4.79 Å². The fourth-order valence-electron chi connectivity index (χ4n) is 2.95. The summed E-state index contributed by atoms with van der Waals surface area (Å²) < 4.78 is 17.0. The largest absolute Gasteiger partial charge is 0.493 e. The van der Waals surface area contributed by atoms with E-state index in [-0.39, 0.29) is 0 Å². The summed E-state index contributed by atoms with van der Waals surface area (Å²) in [5.74, 6) is 0.907. The number of furan rings is 1. The van der Waals surface area contributed by atoms with E-state index in [2.05, 4.69) is 10.1 Å². The van der Waals surface area contributed by atoms with Crippen molar-refractivity contribution in [1.29, 1.82) is 0 Å². The van der Waals surface area contributed by atoms with Crippen LogP contribution in [0.5, 0.6) is 11.5 Å². The summed E-state index contributed by atoms with van der Waals surface area (Å²) in [4.78, 5) is 18.1. The molecule has 0 aliphatic carbocycles. The predicted molar refractivity (Wildman–Crippen MR) is 117 cm³/mol. The SMILES string of the molecule is COc1cccc(C(=O)N(/N=C/c2ccco2)c2nc3ccc(C)cc3s2)c1OC. The molecule has 0 fully saturated rings. The minimum Gasteiger partial charge on any atom is -0.493 e. The van der Waals surface area contributed by atoms with Crippen molar-refractivity contribution in [2.75, 3.05) is 19.2 Å². The van der Waals surface area contributed by atoms with Crippen LogP contribution in [0.1, 0.15) is 21.7 Å². The second-order valence-electron chi connectivity index (χ2n) is 6.39. The number of anilines is 1. The highest BCUT2D eigenvalue weighted by molar-refractivity contribution is 7.22. The van der Waals surface area contributed by atoms with Crippen molar-refractivity contribution in [3.05, 3.63) is 71.7 Å². The number of carbonyl (C=O) groups excluding carboxylic acids is 1. The molecule has 2 aromatic carbocycles. The first-order chi connectivity index (χ1) is 14.6. The van der Waals surface area contributed by atoms with Crippen molar-refractivity contribution in [1.82, 2.24) is 4.98 Å². The summed E-state index contributed by atoms with van der Waals surface area (Å²) in [5, 5.41) is 6.07. The van der Waals surface area contributed by atoms with Gasteiger partial charge in [-0.1, -0.05) is 23.5 Å². The standard InChI is InChI=1S/C22H19N3O4S/c1-14-9-10-17-19(12-14)30-22(24-17)25(23-13-15-6-5-11-29-15)21(26)16-7-4-8-18(27-2)20(16)28-3/h4-13H,1-3H3/b23-13+. The maximum Gasteiger partial charge on any atom is 0.284 e. The van der Waals surface area contributed by atoms with Crippen LogP contribution in [0.15, 0.2) is 64.3 Å². The molecule has 152 valence electrons. The zero-order valence-corrected chi connectivity index (χ0v) is 17.5. The Morgan fingerprint density at radius 2 is 2.03 bits per heavy atom. The molecule has 0 bridgehead atoms. The van der Waals surface area contributed by atoms with Crippen LogP contribution in [0.25, 0.3) is 10.2 Å². The number of carbonyl (C=O) groups is 1. The molecule has 8 heteroatoms. The third-order valence-corrected chi connectivity index (χ3v) is 5.38. The Bertz CT molecular complexity index is 1210. The van der Waals surface area contributed by atoms with Crippen molar-refractivity contribution < 1.29 is 18.7 Å². The maximum atomic E-state index is 13.5. The number of hydrogen-bond acceptors (Lipinski definition) is 7. The van der Waals surface area contributed by atoms with Gasteiger partial charge in [0.1, 0.15) is 5.76 Å². The van der Waals surface area contributed by atoms with Crippen LogP contribution in [0.3, 0.4) is 0 Å². The lowest BCUT2D eigenvalue weighted by Crippen LogP contribution is -2.26. The molecular formula is C22H19N3O4S. The highest BCUT2D eigenvalue weighted by atomic mass is 32.1. The van der Waals surface area contributed by atoms with Gasteiger partial charge in [-0.25, -0.2) is 4.98 Å². The number of hydrogen-bond donors (Lipinski definition) is 0. The number of thiazole rings is 1. The van der Waals surface area contributed by atoms with E-state index in [1.54, 1.807) is 36.6 Å². The summed E-state index contributed by atoms with van der Waals surface area (Å²) in [5.41, 5.74) is 2.22. The number of amides is 1. The van der Waals surface area contributed by atoms with E-state index in [0.717, 1.165) is 15.8 Å². The van der Waals surface area contributed by atoms with Crippen molar-refractivity contribution in [2.45, 2.75) is 6.92 Å². The molecule has 0 unspecified atom stereocenters. The first kappa shape index (κ1) is 19.7. The Morgan fingerprint density at radius 1 is 1.17 bits per heavy atom. The molecule has 4 aromatic rings. The number of aryl methyl sites for hydroxylation is 1. The van der Waals surface area contributed by atoms with Crippen molar-refractivity contribution in [3.8, 4) is 11.5 Å². The van der Waals surface area contributed by atoms with Gasteiger partial charge in [0.15, 0.2) is 11.5 Å². The predicted octanol–water partition coefficient (Wildman–Crippen LogP) is 4.90. The Morgan fingerprint density at radius 3 is 2.77 bits per heavy atom. The number of methoxy groups -OCH3 is 2. The van der Waals surface area contributed by atoms with Crippen LogP contribution in [0.2, 0.25) is 0 Å². The van der Waals surface area contributed by atoms with E-state index in [1.807, 2.05) is 25.1 Å². The molecular weight excluding hydrogens is 402 g/mol. The number of ether oxygens (including phenoxy) is 2. The van der Waals surface area contributed by atoms with Gasteiger partial charge < -0.3 is 13.9 Å². The highest BCUT2D eigenvalue weighted by Gasteiger charge is 2.25. The molecule has 4 rings (SSSR count). The number of hydrazone groups is 1. The number of para-hydroxylation sites is 1. The zero-order chi connectivity index (χ0) is 21.1. The minimum absolute atomic E-state index is 0.309. The van der Waals surface area contributed by atoms with Crippen LogP contribution in [-0.2, 0) is 0 Å². The van der Waals surface area contributed by atoms with Gasteiger partial charge in [-0.05, 0) is 48.9 Å². The lowest BCUT2D eigenvalue weighted by atomic mass is 10.1. The summed E-state index contributed by atoms with van der Waals surface area (Å²) in [6.45, 7) is 2.01. The number of benzene rings is 2. The van der Waals surface area contributed by atoms with Crippen molar-refractivity contribution in [2.24, 2.45) is 5.10 Å². The van der Waals surface area contributed by atoms with Gasteiger partial charge in [-0.3, -0.25) is 4.79 Å². The lowest BCUT2D eigenvalue weighted by Gasteiger charge is -2.17. The number of nitrogens with zero attached hydrogens (tertiary/aromatic N) is 3. The average Bonchev–Trinajstić information content (AvgIpc) is 3.42. The normalized spacial score (nSPS) is 11.2.